The number of nitrogens with zero attached hydrogens (tertiary/aromatic N) is 1. The molecule has 3 rings (SSSR count). The van der Waals surface area contributed by atoms with Crippen molar-refractivity contribution >= 4 is 29.2 Å². The molecule has 0 radical (unpaired) electrons. The first-order chi connectivity index (χ1) is 17.5. The number of amides is 1. The number of nitrogens with one attached hydrogen (secondary N) is 2. The third-order valence-electron chi connectivity index (χ3n) is 5.63. The van der Waals surface area contributed by atoms with E-state index in [1.807, 2.05) is 60.7 Å². The topological polar surface area (TPSA) is 118 Å². The quantitative estimate of drug-likeness (QED) is 0.286. The highest BCUT2D eigenvalue weighted by Gasteiger charge is 2.26. The zero-order valence-corrected chi connectivity index (χ0v) is 21.0. The van der Waals surface area contributed by atoms with Gasteiger partial charge in [0.05, 0.1) is 18.2 Å². The van der Waals surface area contributed by atoms with Gasteiger partial charge in [0.1, 0.15) is 6.04 Å². The molecule has 0 saturated carbocycles. The Morgan fingerprint density at radius 3 is 2.28 bits per heavy atom. The molecule has 3 N–H and O–H groups in total. The van der Waals surface area contributed by atoms with E-state index in [2.05, 4.69) is 15.6 Å². The Morgan fingerprint density at radius 2 is 1.64 bits per heavy atom. The number of ether oxygens (including phenoxy) is 1. The fourth-order valence-corrected chi connectivity index (χ4v) is 4.54. The zero-order valence-electron chi connectivity index (χ0n) is 20.2. The number of esters is 1. The Labute approximate surface area is 214 Å². The van der Waals surface area contributed by atoms with Gasteiger partial charge in [0.15, 0.2) is 5.69 Å². The first kappa shape index (κ1) is 27.0. The van der Waals surface area contributed by atoms with Crippen molar-refractivity contribution < 1.29 is 24.2 Å². The second-order valence-corrected chi connectivity index (χ2v) is 9.15. The van der Waals surface area contributed by atoms with Gasteiger partial charge >= 0.3 is 11.9 Å². The first-order valence-electron chi connectivity index (χ1n) is 11.9. The van der Waals surface area contributed by atoms with Crippen LogP contribution in [-0.2, 0) is 33.6 Å². The maximum absolute atomic E-state index is 13.2. The van der Waals surface area contributed by atoms with Crippen molar-refractivity contribution in [1.82, 2.24) is 15.6 Å². The van der Waals surface area contributed by atoms with Crippen molar-refractivity contribution in [2.24, 2.45) is 0 Å². The average molecular weight is 510 g/mol. The molecule has 3 aromatic rings. The molecule has 2 aromatic carbocycles. The molecule has 8 nitrogen and oxygen atoms in total. The molecule has 0 spiro atoms. The van der Waals surface area contributed by atoms with Crippen LogP contribution >= 0.6 is 11.3 Å². The van der Waals surface area contributed by atoms with Gasteiger partial charge in [-0.1, -0.05) is 60.7 Å². The number of carboxylic acids is 1. The van der Waals surface area contributed by atoms with Crippen LogP contribution in [0.25, 0.3) is 0 Å². The SMILES string of the molecule is CCOC(=O)c1ncsc1CCNC(=O)[C@H](Cc1ccccc1)N[C@@H](CCc1ccccc1)C(=O)O. The molecule has 36 heavy (non-hydrogen) atoms. The average Bonchev–Trinajstić information content (AvgIpc) is 3.35. The maximum Gasteiger partial charge on any atom is 0.358 e. The molecule has 0 aliphatic rings. The summed E-state index contributed by atoms with van der Waals surface area (Å²) in [5.41, 5.74) is 3.80. The third kappa shape index (κ3) is 8.28. The van der Waals surface area contributed by atoms with E-state index >= 15 is 0 Å². The Hall–Kier alpha value is -3.56. The Morgan fingerprint density at radius 1 is 0.972 bits per heavy atom. The standard InChI is InChI=1S/C27H31N3O5S/c1-2-35-27(34)24-23(36-18-29-24)15-16-28-25(31)22(17-20-11-7-4-8-12-20)30-21(26(32)33)14-13-19-9-5-3-6-10-19/h3-12,18,21-22,30H,2,13-17H2,1H3,(H,28,31)(H,32,33)/t21-,22-/m0/s1. The first-order valence-corrected chi connectivity index (χ1v) is 12.8. The smallest absolute Gasteiger partial charge is 0.358 e. The minimum atomic E-state index is -1.000. The van der Waals surface area contributed by atoms with Crippen LogP contribution in [0.2, 0.25) is 0 Å². The summed E-state index contributed by atoms with van der Waals surface area (Å²) in [5.74, 6) is -1.78. The lowest BCUT2D eigenvalue weighted by molar-refractivity contribution is -0.140. The van der Waals surface area contributed by atoms with Gasteiger partial charge < -0.3 is 15.2 Å². The molecular weight excluding hydrogens is 478 g/mol. The zero-order chi connectivity index (χ0) is 25.8. The van der Waals surface area contributed by atoms with Gasteiger partial charge in [-0.15, -0.1) is 11.3 Å². The molecule has 2 atom stereocenters. The van der Waals surface area contributed by atoms with Gasteiger partial charge in [-0.2, -0.15) is 0 Å². The molecule has 0 aliphatic heterocycles. The van der Waals surface area contributed by atoms with E-state index < -0.39 is 24.0 Å². The highest BCUT2D eigenvalue weighted by atomic mass is 32.1. The number of carboxylic acid groups (broad SMARTS) is 1. The number of carbonyl (C=O) groups excluding carboxylic acids is 2. The molecule has 190 valence electrons. The molecule has 9 heteroatoms. The van der Waals surface area contributed by atoms with Gasteiger partial charge in [-0.05, 0) is 37.3 Å². The molecule has 0 saturated heterocycles. The van der Waals surface area contributed by atoms with E-state index in [0.717, 1.165) is 16.0 Å². The maximum atomic E-state index is 13.2. The van der Waals surface area contributed by atoms with Crippen molar-refractivity contribution in [3.05, 3.63) is 87.9 Å². The van der Waals surface area contributed by atoms with Crippen LogP contribution in [0.15, 0.2) is 66.2 Å². The van der Waals surface area contributed by atoms with Crippen molar-refractivity contribution in [3.63, 3.8) is 0 Å². The fraction of sp³-hybridized carbons (Fsp3) is 0.333. The predicted molar refractivity (Wildman–Crippen MR) is 138 cm³/mol. The largest absolute Gasteiger partial charge is 0.480 e. The van der Waals surface area contributed by atoms with Gasteiger partial charge in [0, 0.05) is 17.8 Å². The monoisotopic (exact) mass is 509 g/mol. The lowest BCUT2D eigenvalue weighted by atomic mass is 10.0. The molecule has 1 aromatic heterocycles. The second kappa shape index (κ2) is 14.1. The summed E-state index contributed by atoms with van der Waals surface area (Å²) in [6.07, 6.45) is 1.68. The minimum absolute atomic E-state index is 0.258. The summed E-state index contributed by atoms with van der Waals surface area (Å²) < 4.78 is 5.03. The number of benzene rings is 2. The lowest BCUT2D eigenvalue weighted by Crippen LogP contribution is -2.52. The third-order valence-corrected chi connectivity index (χ3v) is 6.52. The molecule has 0 bridgehead atoms. The van der Waals surface area contributed by atoms with Crippen LogP contribution in [0.1, 0.15) is 39.8 Å². The summed E-state index contributed by atoms with van der Waals surface area (Å²) in [6.45, 7) is 2.27. The van der Waals surface area contributed by atoms with Gasteiger partial charge in [-0.3, -0.25) is 14.9 Å². The molecule has 0 aliphatic carbocycles. The summed E-state index contributed by atoms with van der Waals surface area (Å²) in [7, 11) is 0. The molecule has 1 heterocycles. The van der Waals surface area contributed by atoms with E-state index in [0.29, 0.717) is 25.7 Å². The fourth-order valence-electron chi connectivity index (χ4n) is 3.79. The van der Waals surface area contributed by atoms with Crippen molar-refractivity contribution in [1.29, 1.82) is 0 Å². The van der Waals surface area contributed by atoms with E-state index in [1.54, 1.807) is 12.4 Å². The van der Waals surface area contributed by atoms with E-state index in [-0.39, 0.29) is 24.8 Å². The van der Waals surface area contributed by atoms with Gasteiger partial charge in [0.2, 0.25) is 5.91 Å². The van der Waals surface area contributed by atoms with E-state index in [4.69, 9.17) is 4.74 Å². The van der Waals surface area contributed by atoms with Gasteiger partial charge in [0.25, 0.3) is 0 Å². The van der Waals surface area contributed by atoms with Crippen molar-refractivity contribution in [2.75, 3.05) is 13.2 Å². The van der Waals surface area contributed by atoms with Crippen molar-refractivity contribution in [3.8, 4) is 0 Å². The summed E-state index contributed by atoms with van der Waals surface area (Å²) in [6, 6.07) is 17.5. The van der Waals surface area contributed by atoms with Crippen LogP contribution in [0, 0.1) is 0 Å². The van der Waals surface area contributed by atoms with Crippen LogP contribution in [0.5, 0.6) is 0 Å². The van der Waals surface area contributed by atoms with E-state index in [9.17, 15) is 19.5 Å². The van der Waals surface area contributed by atoms with E-state index in [1.165, 1.54) is 11.3 Å². The Kier molecular flexibility index (Phi) is 10.6. The highest BCUT2D eigenvalue weighted by Crippen LogP contribution is 2.15. The van der Waals surface area contributed by atoms with Crippen LogP contribution in [0.4, 0.5) is 0 Å². The van der Waals surface area contributed by atoms with Crippen LogP contribution in [-0.4, -0.2) is 53.2 Å². The molecule has 0 unspecified atom stereocenters. The Bertz CT molecular complexity index is 1120. The Balaban J connectivity index is 1.65. The summed E-state index contributed by atoms with van der Waals surface area (Å²) >= 11 is 1.33. The number of aromatic nitrogens is 1. The summed E-state index contributed by atoms with van der Waals surface area (Å²) in [5, 5.41) is 15.8. The molecule has 0 fully saturated rings. The predicted octanol–water partition coefficient (Wildman–Crippen LogP) is 3.27. The normalized spacial score (nSPS) is 12.5. The number of thiazole rings is 1. The van der Waals surface area contributed by atoms with Crippen LogP contribution in [0.3, 0.4) is 0 Å². The number of hydrogen-bond donors (Lipinski definition) is 3. The van der Waals surface area contributed by atoms with Crippen molar-refractivity contribution in [2.45, 2.75) is 44.7 Å². The van der Waals surface area contributed by atoms with Gasteiger partial charge in [-0.25, -0.2) is 9.78 Å². The number of aliphatic carboxylic acids is 1. The second-order valence-electron chi connectivity index (χ2n) is 8.21. The number of hydrogen-bond acceptors (Lipinski definition) is 7. The highest BCUT2D eigenvalue weighted by molar-refractivity contribution is 7.09. The lowest BCUT2D eigenvalue weighted by Gasteiger charge is -2.23. The molecule has 1 amide bonds. The number of rotatable bonds is 14. The molecular formula is C27H31N3O5S. The number of aryl methyl sites for hydroxylation is 1. The number of carbonyl (C=O) groups is 3. The van der Waals surface area contributed by atoms with Crippen LogP contribution < -0.4 is 10.6 Å². The summed E-state index contributed by atoms with van der Waals surface area (Å²) in [4.78, 5) is 42.0. The minimum Gasteiger partial charge on any atom is -0.480 e.